The van der Waals surface area contributed by atoms with E-state index < -0.39 is 0 Å². The molecule has 1 aliphatic carbocycles. The van der Waals surface area contributed by atoms with Gasteiger partial charge in [-0.25, -0.2) is 4.79 Å². The minimum Gasteiger partial charge on any atom is -0.497 e. The molecule has 0 bridgehead atoms. The lowest BCUT2D eigenvalue weighted by Gasteiger charge is -2.37. The Bertz CT molecular complexity index is 1080. The van der Waals surface area contributed by atoms with Crippen molar-refractivity contribution >= 4 is 16.9 Å². The maximum absolute atomic E-state index is 13.4. The molecule has 1 atom stereocenters. The molecule has 2 amide bonds. The van der Waals surface area contributed by atoms with E-state index in [0.29, 0.717) is 12.6 Å². The second-order valence-corrected chi connectivity index (χ2v) is 8.97. The van der Waals surface area contributed by atoms with Crippen LogP contribution in [0.4, 0.5) is 4.79 Å². The van der Waals surface area contributed by atoms with Gasteiger partial charge in [-0.2, -0.15) is 0 Å². The standard InChI is InChI=1S/C26H31N3O2/c1-17-8-10-18(11-9-17)25-24-21(22-16-20(31-2)12-13-23(22)28-24)14-15-29(25)26(30)27-19-6-4-3-5-7-19/h8-13,16,19,25,28H,3-7,14-15H2,1-2H3,(H,27,30)/t25-/m1/s1. The number of aryl methyl sites for hydroxylation is 1. The minimum atomic E-state index is -0.119. The van der Waals surface area contributed by atoms with Gasteiger partial charge in [-0.15, -0.1) is 0 Å². The number of rotatable bonds is 3. The van der Waals surface area contributed by atoms with Crippen LogP contribution in [0.15, 0.2) is 42.5 Å². The third kappa shape index (κ3) is 3.78. The first kappa shape index (κ1) is 20.0. The number of hydrogen-bond donors (Lipinski definition) is 2. The van der Waals surface area contributed by atoms with E-state index in [9.17, 15) is 4.79 Å². The van der Waals surface area contributed by atoms with E-state index in [1.54, 1.807) is 7.11 Å². The number of ether oxygens (including phenoxy) is 1. The van der Waals surface area contributed by atoms with E-state index in [0.717, 1.165) is 41.8 Å². The monoisotopic (exact) mass is 417 g/mol. The van der Waals surface area contributed by atoms with Gasteiger partial charge in [0.25, 0.3) is 0 Å². The third-order valence-corrected chi connectivity index (χ3v) is 6.92. The van der Waals surface area contributed by atoms with Gasteiger partial charge in [-0.3, -0.25) is 0 Å². The van der Waals surface area contributed by atoms with E-state index in [1.165, 1.54) is 35.8 Å². The van der Waals surface area contributed by atoms with Crippen molar-refractivity contribution in [2.75, 3.05) is 13.7 Å². The highest BCUT2D eigenvalue weighted by molar-refractivity contribution is 5.87. The van der Waals surface area contributed by atoms with Gasteiger partial charge in [-0.1, -0.05) is 49.1 Å². The Kier molecular flexibility index (Phi) is 5.34. The smallest absolute Gasteiger partial charge is 0.318 e. The molecule has 2 heterocycles. The number of benzene rings is 2. The normalized spacial score (nSPS) is 19.3. The molecular weight excluding hydrogens is 386 g/mol. The predicted octanol–water partition coefficient (Wildman–Crippen LogP) is 5.47. The number of methoxy groups -OCH3 is 1. The van der Waals surface area contributed by atoms with Crippen LogP contribution in [0.25, 0.3) is 10.9 Å². The van der Waals surface area contributed by atoms with E-state index in [4.69, 9.17) is 4.74 Å². The number of fused-ring (bicyclic) bond motifs is 3. The minimum absolute atomic E-state index is 0.0550. The molecule has 2 aromatic carbocycles. The Hall–Kier alpha value is -2.95. The molecule has 5 heteroatoms. The quantitative estimate of drug-likeness (QED) is 0.593. The van der Waals surface area contributed by atoms with Crippen molar-refractivity contribution in [2.45, 2.75) is 57.5 Å². The van der Waals surface area contributed by atoms with Gasteiger partial charge in [0.05, 0.1) is 13.2 Å². The van der Waals surface area contributed by atoms with Gasteiger partial charge >= 0.3 is 6.03 Å². The molecule has 0 saturated heterocycles. The summed E-state index contributed by atoms with van der Waals surface area (Å²) in [6.07, 6.45) is 6.71. The average Bonchev–Trinajstić information content (AvgIpc) is 3.17. The molecule has 0 spiro atoms. The molecule has 2 aliphatic rings. The summed E-state index contributed by atoms with van der Waals surface area (Å²) in [6.45, 7) is 2.80. The van der Waals surface area contributed by atoms with Crippen LogP contribution in [0, 0.1) is 6.92 Å². The van der Waals surface area contributed by atoms with E-state index in [1.807, 2.05) is 11.0 Å². The summed E-state index contributed by atoms with van der Waals surface area (Å²) in [5, 5.41) is 4.53. The molecule has 1 aromatic heterocycles. The number of carbonyl (C=O) groups is 1. The lowest BCUT2D eigenvalue weighted by molar-refractivity contribution is 0.172. The second-order valence-electron chi connectivity index (χ2n) is 8.97. The molecule has 1 saturated carbocycles. The number of nitrogens with zero attached hydrogens (tertiary/aromatic N) is 1. The molecule has 31 heavy (non-hydrogen) atoms. The summed E-state index contributed by atoms with van der Waals surface area (Å²) in [6, 6.07) is 15.0. The third-order valence-electron chi connectivity index (χ3n) is 6.92. The zero-order valence-corrected chi connectivity index (χ0v) is 18.4. The van der Waals surface area contributed by atoms with Crippen LogP contribution in [0.5, 0.6) is 5.75 Å². The first-order valence-electron chi connectivity index (χ1n) is 11.5. The highest BCUT2D eigenvalue weighted by Crippen LogP contribution is 2.39. The fourth-order valence-corrected chi connectivity index (χ4v) is 5.21. The number of H-pyrrole nitrogens is 1. The van der Waals surface area contributed by atoms with Gasteiger partial charge in [0.2, 0.25) is 0 Å². The molecule has 1 aliphatic heterocycles. The van der Waals surface area contributed by atoms with Gasteiger partial charge in [-0.05, 0) is 55.5 Å². The number of aromatic amines is 1. The highest BCUT2D eigenvalue weighted by Gasteiger charge is 2.35. The lowest BCUT2D eigenvalue weighted by Crippen LogP contribution is -2.49. The number of hydrogen-bond acceptors (Lipinski definition) is 2. The maximum atomic E-state index is 13.4. The van der Waals surface area contributed by atoms with Gasteiger partial charge in [0.1, 0.15) is 5.75 Å². The van der Waals surface area contributed by atoms with Crippen molar-refractivity contribution in [1.82, 2.24) is 15.2 Å². The highest BCUT2D eigenvalue weighted by atomic mass is 16.5. The number of carbonyl (C=O) groups excluding carboxylic acids is 1. The SMILES string of the molecule is COc1ccc2[nH]c3c(c2c1)CCN(C(=O)NC1CCCCC1)[C@@H]3c1ccc(C)cc1. The molecule has 1 fully saturated rings. The van der Waals surface area contributed by atoms with Crippen molar-refractivity contribution in [3.63, 3.8) is 0 Å². The van der Waals surface area contributed by atoms with Crippen LogP contribution in [-0.4, -0.2) is 35.6 Å². The average molecular weight is 418 g/mol. The van der Waals surface area contributed by atoms with Crippen molar-refractivity contribution in [1.29, 1.82) is 0 Å². The Balaban J connectivity index is 1.54. The molecule has 5 nitrogen and oxygen atoms in total. The Morgan fingerprint density at radius 2 is 1.87 bits per heavy atom. The molecule has 3 aromatic rings. The largest absolute Gasteiger partial charge is 0.497 e. The zero-order chi connectivity index (χ0) is 21.4. The summed E-state index contributed by atoms with van der Waals surface area (Å²) in [5.41, 5.74) is 5.87. The molecule has 0 radical (unpaired) electrons. The summed E-state index contributed by atoms with van der Waals surface area (Å²) in [5.74, 6) is 0.860. The number of aromatic nitrogens is 1. The second kappa shape index (κ2) is 8.29. The van der Waals surface area contributed by atoms with E-state index >= 15 is 0 Å². The number of nitrogens with one attached hydrogen (secondary N) is 2. The Labute approximate surface area is 183 Å². The predicted molar refractivity (Wildman–Crippen MR) is 124 cm³/mol. The molecule has 0 unspecified atom stereocenters. The van der Waals surface area contributed by atoms with Crippen LogP contribution < -0.4 is 10.1 Å². The molecule has 5 rings (SSSR count). The topological polar surface area (TPSA) is 57.4 Å². The number of urea groups is 1. The lowest BCUT2D eigenvalue weighted by atomic mass is 9.92. The number of amides is 2. The molecule has 162 valence electrons. The van der Waals surface area contributed by atoms with E-state index in [-0.39, 0.29) is 12.1 Å². The van der Waals surface area contributed by atoms with Crippen molar-refractivity contribution in [2.24, 2.45) is 0 Å². The van der Waals surface area contributed by atoms with Crippen molar-refractivity contribution < 1.29 is 9.53 Å². The summed E-state index contributed by atoms with van der Waals surface area (Å²) in [7, 11) is 1.70. The Morgan fingerprint density at radius 1 is 1.10 bits per heavy atom. The van der Waals surface area contributed by atoms with Crippen LogP contribution >= 0.6 is 0 Å². The van der Waals surface area contributed by atoms with Gasteiger partial charge in [0, 0.05) is 29.2 Å². The maximum Gasteiger partial charge on any atom is 0.318 e. The van der Waals surface area contributed by atoms with Crippen LogP contribution in [-0.2, 0) is 6.42 Å². The first-order valence-corrected chi connectivity index (χ1v) is 11.5. The van der Waals surface area contributed by atoms with E-state index in [2.05, 4.69) is 53.6 Å². The molecular formula is C26H31N3O2. The fraction of sp³-hybridized carbons (Fsp3) is 0.423. The Morgan fingerprint density at radius 3 is 2.61 bits per heavy atom. The van der Waals surface area contributed by atoms with Gasteiger partial charge < -0.3 is 19.9 Å². The van der Waals surface area contributed by atoms with Crippen LogP contribution in [0.2, 0.25) is 0 Å². The summed E-state index contributed by atoms with van der Waals surface area (Å²) in [4.78, 5) is 19.1. The zero-order valence-electron chi connectivity index (χ0n) is 18.4. The van der Waals surface area contributed by atoms with Crippen molar-refractivity contribution in [3.05, 3.63) is 64.8 Å². The summed E-state index contributed by atoms with van der Waals surface area (Å²) >= 11 is 0. The van der Waals surface area contributed by atoms with Crippen LogP contribution in [0.1, 0.15) is 60.5 Å². The summed E-state index contributed by atoms with van der Waals surface area (Å²) < 4.78 is 5.46. The fourth-order valence-electron chi connectivity index (χ4n) is 5.21. The first-order chi connectivity index (χ1) is 15.1. The van der Waals surface area contributed by atoms with Crippen molar-refractivity contribution in [3.8, 4) is 5.75 Å². The van der Waals surface area contributed by atoms with Gasteiger partial charge in [0.15, 0.2) is 0 Å². The van der Waals surface area contributed by atoms with Crippen LogP contribution in [0.3, 0.4) is 0 Å². The molecule has 2 N–H and O–H groups in total.